The van der Waals surface area contributed by atoms with Gasteiger partial charge in [0, 0.05) is 12.1 Å². The van der Waals surface area contributed by atoms with E-state index in [2.05, 4.69) is 71.6 Å². The number of hydrogen-bond acceptors (Lipinski definition) is 4. The molecule has 0 N–H and O–H groups in total. The highest BCUT2D eigenvalue weighted by molar-refractivity contribution is 5.92. The van der Waals surface area contributed by atoms with Crippen LogP contribution in [0.4, 0.5) is 5.82 Å². The Hall–Kier alpha value is -3.36. The molecule has 5 nitrogen and oxygen atoms in total. The Balaban J connectivity index is 1.98. The van der Waals surface area contributed by atoms with Gasteiger partial charge < -0.3 is 4.90 Å². The first-order chi connectivity index (χ1) is 14.6. The Kier molecular flexibility index (Phi) is 4.45. The Bertz CT molecular complexity index is 1280. The van der Waals surface area contributed by atoms with Crippen LogP contribution < -0.4 is 4.90 Å². The molecule has 0 bridgehead atoms. The first kappa shape index (κ1) is 18.7. The molecule has 2 aromatic carbocycles. The Labute approximate surface area is 176 Å². The van der Waals surface area contributed by atoms with Gasteiger partial charge in [0.15, 0.2) is 5.65 Å². The van der Waals surface area contributed by atoms with Crippen molar-refractivity contribution in [2.75, 3.05) is 25.5 Å². The van der Waals surface area contributed by atoms with Crippen LogP contribution in [-0.4, -0.2) is 41.1 Å². The monoisotopic (exact) mass is 395 g/mol. The summed E-state index contributed by atoms with van der Waals surface area (Å²) >= 11 is 0. The zero-order chi connectivity index (χ0) is 20.8. The predicted molar refractivity (Wildman–Crippen MR) is 122 cm³/mol. The molecule has 1 atom stereocenters. The van der Waals surface area contributed by atoms with Gasteiger partial charge in [-0.25, -0.2) is 4.98 Å². The molecule has 0 radical (unpaired) electrons. The third-order valence-electron chi connectivity index (χ3n) is 6.23. The van der Waals surface area contributed by atoms with Crippen LogP contribution in [0.15, 0.2) is 54.6 Å². The lowest BCUT2D eigenvalue weighted by molar-refractivity contribution is 0.300. The molecule has 1 unspecified atom stereocenters. The number of anilines is 1. The van der Waals surface area contributed by atoms with Gasteiger partial charge in [0.2, 0.25) is 0 Å². The van der Waals surface area contributed by atoms with E-state index in [1.165, 1.54) is 0 Å². The summed E-state index contributed by atoms with van der Waals surface area (Å²) in [5, 5.41) is 10.1. The summed E-state index contributed by atoms with van der Waals surface area (Å²) in [7, 11) is 4.29. The van der Waals surface area contributed by atoms with E-state index in [4.69, 9.17) is 4.98 Å². The van der Waals surface area contributed by atoms with Crippen LogP contribution in [-0.2, 0) is 0 Å². The molecule has 0 saturated carbocycles. The van der Waals surface area contributed by atoms with Crippen LogP contribution in [0, 0.1) is 18.3 Å². The fourth-order valence-electron chi connectivity index (χ4n) is 4.87. The van der Waals surface area contributed by atoms with Crippen molar-refractivity contribution in [2.24, 2.45) is 0 Å². The molecule has 150 valence electrons. The second kappa shape index (κ2) is 7.16. The summed E-state index contributed by atoms with van der Waals surface area (Å²) in [5.41, 5.74) is 6.60. The number of para-hydroxylation sites is 2. The molecule has 1 aliphatic rings. The topological polar surface area (TPSA) is 47.6 Å². The molecule has 30 heavy (non-hydrogen) atoms. The number of hydrogen-bond donors (Lipinski definition) is 0. The van der Waals surface area contributed by atoms with E-state index < -0.39 is 0 Å². The van der Waals surface area contributed by atoms with Gasteiger partial charge in [-0.2, -0.15) is 5.26 Å². The molecule has 0 amide bonds. The van der Waals surface area contributed by atoms with Gasteiger partial charge in [-0.1, -0.05) is 42.5 Å². The molecule has 5 heteroatoms. The average molecular weight is 396 g/mol. The lowest BCUT2D eigenvalue weighted by Crippen LogP contribution is -2.41. The Morgan fingerprint density at radius 3 is 2.53 bits per heavy atom. The highest BCUT2D eigenvalue weighted by Gasteiger charge is 2.32. The van der Waals surface area contributed by atoms with Crippen molar-refractivity contribution in [3.05, 3.63) is 65.7 Å². The summed E-state index contributed by atoms with van der Waals surface area (Å²) in [6, 6.07) is 21.1. The molecule has 5 rings (SSSR count). The zero-order valence-corrected chi connectivity index (χ0v) is 17.6. The second-order valence-corrected chi connectivity index (χ2v) is 8.22. The van der Waals surface area contributed by atoms with Crippen molar-refractivity contribution >= 4 is 22.5 Å². The van der Waals surface area contributed by atoms with Gasteiger partial charge in [-0.05, 0) is 57.1 Å². The van der Waals surface area contributed by atoms with Crippen molar-refractivity contribution < 1.29 is 0 Å². The fourth-order valence-corrected chi connectivity index (χ4v) is 4.87. The molecular weight excluding hydrogens is 370 g/mol. The number of benzene rings is 2. The van der Waals surface area contributed by atoms with Gasteiger partial charge in [0.05, 0.1) is 22.8 Å². The summed E-state index contributed by atoms with van der Waals surface area (Å²) < 4.78 is 2.21. The fraction of sp³-hybridized carbons (Fsp3) is 0.280. The van der Waals surface area contributed by atoms with Crippen molar-refractivity contribution in [1.29, 1.82) is 5.26 Å². The number of rotatable bonds is 3. The normalized spacial score (nSPS) is 16.6. The molecule has 3 heterocycles. The molecule has 2 aromatic heterocycles. The highest BCUT2D eigenvalue weighted by Crippen LogP contribution is 2.41. The van der Waals surface area contributed by atoms with E-state index in [0.29, 0.717) is 11.7 Å². The Morgan fingerprint density at radius 1 is 1.07 bits per heavy atom. The van der Waals surface area contributed by atoms with Gasteiger partial charge in [0.1, 0.15) is 11.9 Å². The van der Waals surface area contributed by atoms with E-state index in [9.17, 15) is 5.26 Å². The van der Waals surface area contributed by atoms with Crippen LogP contribution >= 0.6 is 0 Å². The average Bonchev–Trinajstić information content (AvgIpc) is 3.39. The largest absolute Gasteiger partial charge is 0.341 e. The minimum atomic E-state index is 0.309. The first-order valence-electron chi connectivity index (χ1n) is 10.4. The third kappa shape index (κ3) is 2.68. The van der Waals surface area contributed by atoms with E-state index in [1.807, 2.05) is 24.3 Å². The van der Waals surface area contributed by atoms with Crippen molar-refractivity contribution in [3.63, 3.8) is 0 Å². The maximum absolute atomic E-state index is 10.1. The van der Waals surface area contributed by atoms with Gasteiger partial charge in [0.25, 0.3) is 0 Å². The predicted octanol–water partition coefficient (Wildman–Crippen LogP) is 4.82. The number of aromatic nitrogens is 2. The second-order valence-electron chi connectivity index (χ2n) is 8.22. The molecule has 1 saturated heterocycles. The van der Waals surface area contributed by atoms with Crippen molar-refractivity contribution in [3.8, 4) is 17.2 Å². The van der Waals surface area contributed by atoms with Crippen LogP contribution in [0.2, 0.25) is 0 Å². The lowest BCUT2D eigenvalue weighted by Gasteiger charge is -2.34. The third-order valence-corrected chi connectivity index (χ3v) is 6.23. The smallest absolute Gasteiger partial charge is 0.157 e. The molecule has 1 aliphatic heterocycles. The molecule has 0 aliphatic carbocycles. The van der Waals surface area contributed by atoms with E-state index >= 15 is 0 Å². The SMILES string of the molecule is Cc1c(-c2ccccc2)c(N2CCCC2N(C)C)n2c(nc3ccccc32)c1C#N. The minimum absolute atomic E-state index is 0.309. The maximum atomic E-state index is 10.1. The van der Waals surface area contributed by atoms with E-state index in [1.54, 1.807) is 0 Å². The first-order valence-corrected chi connectivity index (χ1v) is 10.4. The molecule has 0 spiro atoms. The number of pyridine rings is 1. The van der Waals surface area contributed by atoms with Crippen LogP contribution in [0.25, 0.3) is 27.8 Å². The quantitative estimate of drug-likeness (QED) is 0.499. The summed E-state index contributed by atoms with van der Waals surface area (Å²) in [6.07, 6.45) is 2.57. The summed E-state index contributed by atoms with van der Waals surface area (Å²) in [4.78, 5) is 9.67. The van der Waals surface area contributed by atoms with Crippen molar-refractivity contribution in [1.82, 2.24) is 14.3 Å². The maximum Gasteiger partial charge on any atom is 0.157 e. The van der Waals surface area contributed by atoms with Gasteiger partial charge in [-0.3, -0.25) is 9.30 Å². The summed E-state index contributed by atoms with van der Waals surface area (Å²) in [5.74, 6) is 1.14. The zero-order valence-electron chi connectivity index (χ0n) is 17.6. The van der Waals surface area contributed by atoms with E-state index in [-0.39, 0.29) is 0 Å². The number of nitriles is 1. The van der Waals surface area contributed by atoms with Crippen LogP contribution in [0.5, 0.6) is 0 Å². The van der Waals surface area contributed by atoms with Gasteiger partial charge >= 0.3 is 0 Å². The number of fused-ring (bicyclic) bond motifs is 3. The molecule has 4 aromatic rings. The Morgan fingerprint density at radius 2 is 1.80 bits per heavy atom. The minimum Gasteiger partial charge on any atom is -0.341 e. The standard InChI is InChI=1S/C25H25N5/c1-17-19(16-26)24-27-20-12-7-8-13-21(20)30(24)25(23(17)18-10-5-4-6-11-18)29-15-9-14-22(29)28(2)3/h4-8,10-13,22H,9,14-15H2,1-3H3. The van der Waals surface area contributed by atoms with E-state index in [0.717, 1.165) is 58.6 Å². The van der Waals surface area contributed by atoms with Gasteiger partial charge in [-0.15, -0.1) is 0 Å². The van der Waals surface area contributed by atoms with Crippen LogP contribution in [0.3, 0.4) is 0 Å². The van der Waals surface area contributed by atoms with Crippen LogP contribution in [0.1, 0.15) is 24.0 Å². The van der Waals surface area contributed by atoms with Crippen molar-refractivity contribution in [2.45, 2.75) is 25.9 Å². The molecular formula is C25H25N5. The number of imidazole rings is 1. The molecule has 1 fully saturated rings. The number of nitrogens with zero attached hydrogens (tertiary/aromatic N) is 5. The summed E-state index contributed by atoms with van der Waals surface area (Å²) in [6.45, 7) is 3.04. The lowest BCUT2D eigenvalue weighted by atomic mass is 9.97. The highest BCUT2D eigenvalue weighted by atomic mass is 15.4.